The first kappa shape index (κ1) is 20.9. The van der Waals surface area contributed by atoms with E-state index in [4.69, 9.17) is 21.3 Å². The van der Waals surface area contributed by atoms with Crippen LogP contribution in [-0.2, 0) is 0 Å². The van der Waals surface area contributed by atoms with Gasteiger partial charge in [-0.15, -0.1) is 0 Å². The Morgan fingerprint density at radius 1 is 1.00 bits per heavy atom. The summed E-state index contributed by atoms with van der Waals surface area (Å²) in [5.74, 6) is 0.559. The van der Waals surface area contributed by atoms with Crippen molar-refractivity contribution in [3.8, 4) is 17.0 Å². The van der Waals surface area contributed by atoms with Gasteiger partial charge in [0.25, 0.3) is 5.91 Å². The molecule has 0 saturated carbocycles. The van der Waals surface area contributed by atoms with Crippen molar-refractivity contribution in [1.82, 2.24) is 4.98 Å². The number of nitrogens with zero attached hydrogens (tertiary/aromatic N) is 1. The van der Waals surface area contributed by atoms with Gasteiger partial charge >= 0.3 is 0 Å². The Kier molecular flexibility index (Phi) is 5.66. The van der Waals surface area contributed by atoms with Crippen molar-refractivity contribution in [1.29, 1.82) is 0 Å². The minimum absolute atomic E-state index is 0.210. The Balaban J connectivity index is 1.94. The summed E-state index contributed by atoms with van der Waals surface area (Å²) in [5.41, 5.74) is 6.60. The second kappa shape index (κ2) is 8.40. The molecule has 3 aromatic carbocycles. The maximum atomic E-state index is 13.5. The molecule has 0 aliphatic rings. The Labute approximate surface area is 186 Å². The summed E-state index contributed by atoms with van der Waals surface area (Å²) >= 11 is 6.28. The fraction of sp³-hybridized carbons (Fsp3) is 0.154. The molecule has 5 heteroatoms. The first-order valence-corrected chi connectivity index (χ1v) is 10.4. The molecule has 0 saturated heterocycles. The third kappa shape index (κ3) is 3.99. The van der Waals surface area contributed by atoms with E-state index in [1.54, 1.807) is 19.2 Å². The van der Waals surface area contributed by atoms with Crippen molar-refractivity contribution in [2.75, 3.05) is 12.4 Å². The summed E-state index contributed by atoms with van der Waals surface area (Å²) in [5, 5.41) is 4.30. The topological polar surface area (TPSA) is 51.2 Å². The molecule has 1 heterocycles. The van der Waals surface area contributed by atoms with Gasteiger partial charge in [-0.1, -0.05) is 35.4 Å². The zero-order chi connectivity index (χ0) is 22.1. The molecular weight excluding hydrogens is 408 g/mol. The molecule has 156 valence electrons. The summed E-state index contributed by atoms with van der Waals surface area (Å²) in [4.78, 5) is 18.5. The zero-order valence-corrected chi connectivity index (χ0v) is 18.7. The van der Waals surface area contributed by atoms with Gasteiger partial charge in [0.05, 0.1) is 34.6 Å². The highest BCUT2D eigenvalue weighted by atomic mass is 35.5. The van der Waals surface area contributed by atoms with Gasteiger partial charge in [0.1, 0.15) is 5.75 Å². The number of carbonyl (C=O) groups excluding carboxylic acids is 1. The lowest BCUT2D eigenvalue weighted by Crippen LogP contribution is -2.16. The van der Waals surface area contributed by atoms with Crippen LogP contribution in [0.2, 0.25) is 5.02 Å². The standard InChI is InChI=1S/C26H23ClN2O2/c1-15-13-16(2)24-20(14-15)23(26(30)28-22-8-6-5-7-21(22)27)17(3)25(29-24)18-9-11-19(31-4)12-10-18/h5-14H,1-4H3,(H,28,30). The molecule has 0 fully saturated rings. The van der Waals surface area contributed by atoms with Crippen molar-refractivity contribution < 1.29 is 9.53 Å². The van der Waals surface area contributed by atoms with Crippen molar-refractivity contribution in [2.24, 2.45) is 0 Å². The van der Waals surface area contributed by atoms with E-state index in [9.17, 15) is 4.79 Å². The number of hydrogen-bond donors (Lipinski definition) is 1. The number of benzene rings is 3. The number of aromatic nitrogens is 1. The maximum absolute atomic E-state index is 13.5. The van der Waals surface area contributed by atoms with E-state index in [2.05, 4.69) is 11.4 Å². The van der Waals surface area contributed by atoms with Crippen LogP contribution >= 0.6 is 11.6 Å². The molecule has 31 heavy (non-hydrogen) atoms. The summed E-state index contributed by atoms with van der Waals surface area (Å²) in [6.07, 6.45) is 0. The number of carbonyl (C=O) groups is 1. The average molecular weight is 431 g/mol. The lowest BCUT2D eigenvalue weighted by atomic mass is 9.94. The molecule has 0 atom stereocenters. The molecular formula is C26H23ClN2O2. The number of aryl methyl sites for hydroxylation is 2. The van der Waals surface area contributed by atoms with Crippen LogP contribution in [0.5, 0.6) is 5.75 Å². The lowest BCUT2D eigenvalue weighted by Gasteiger charge is -2.17. The molecule has 4 aromatic rings. The van der Waals surface area contributed by atoms with Crippen LogP contribution in [0.25, 0.3) is 22.2 Å². The fourth-order valence-corrected chi connectivity index (χ4v) is 4.07. The fourth-order valence-electron chi connectivity index (χ4n) is 3.88. The van der Waals surface area contributed by atoms with Crippen LogP contribution in [0.1, 0.15) is 27.0 Å². The Bertz CT molecular complexity index is 1300. The molecule has 0 spiro atoms. The van der Waals surface area contributed by atoms with E-state index in [1.807, 2.05) is 63.2 Å². The summed E-state index contributed by atoms with van der Waals surface area (Å²) < 4.78 is 5.28. The first-order valence-electron chi connectivity index (χ1n) is 10.0. The molecule has 4 rings (SSSR count). The number of hydrogen-bond acceptors (Lipinski definition) is 3. The number of pyridine rings is 1. The summed E-state index contributed by atoms with van der Waals surface area (Å²) in [6.45, 7) is 5.98. The van der Waals surface area contributed by atoms with E-state index >= 15 is 0 Å². The van der Waals surface area contributed by atoms with Gasteiger partial charge in [0, 0.05) is 10.9 Å². The number of nitrogens with one attached hydrogen (secondary N) is 1. The molecule has 0 aliphatic carbocycles. The molecule has 1 amide bonds. The van der Waals surface area contributed by atoms with Crippen molar-refractivity contribution >= 4 is 34.1 Å². The largest absolute Gasteiger partial charge is 0.497 e. The Morgan fingerprint density at radius 3 is 2.39 bits per heavy atom. The summed E-state index contributed by atoms with van der Waals surface area (Å²) in [6, 6.07) is 19.0. The van der Waals surface area contributed by atoms with Crippen molar-refractivity contribution in [2.45, 2.75) is 20.8 Å². The second-order valence-electron chi connectivity index (χ2n) is 7.60. The van der Waals surface area contributed by atoms with Crippen LogP contribution in [-0.4, -0.2) is 18.0 Å². The molecule has 0 bridgehead atoms. The van der Waals surface area contributed by atoms with Gasteiger partial charge in [-0.05, 0) is 74.4 Å². The molecule has 1 aromatic heterocycles. The van der Waals surface area contributed by atoms with Crippen LogP contribution in [0.15, 0.2) is 60.7 Å². The van der Waals surface area contributed by atoms with Gasteiger partial charge < -0.3 is 10.1 Å². The Hall–Kier alpha value is -3.37. The predicted octanol–water partition coefficient (Wildman–Crippen LogP) is 6.74. The van der Waals surface area contributed by atoms with Crippen molar-refractivity contribution in [3.05, 3.63) is 87.9 Å². The number of halogens is 1. The minimum atomic E-state index is -0.210. The third-order valence-corrected chi connectivity index (χ3v) is 5.71. The lowest BCUT2D eigenvalue weighted by molar-refractivity contribution is 0.102. The summed E-state index contributed by atoms with van der Waals surface area (Å²) in [7, 11) is 1.64. The SMILES string of the molecule is COc1ccc(-c2nc3c(C)cc(C)cc3c(C(=O)Nc3ccccc3Cl)c2C)cc1. The van der Waals surface area contributed by atoms with Crippen LogP contribution in [0.4, 0.5) is 5.69 Å². The van der Waals surface area contributed by atoms with Gasteiger partial charge in [-0.3, -0.25) is 4.79 Å². The third-order valence-electron chi connectivity index (χ3n) is 5.38. The highest BCUT2D eigenvalue weighted by Gasteiger charge is 2.21. The highest BCUT2D eigenvalue weighted by molar-refractivity contribution is 6.34. The monoisotopic (exact) mass is 430 g/mol. The molecule has 4 nitrogen and oxygen atoms in total. The second-order valence-corrected chi connectivity index (χ2v) is 8.01. The van der Waals surface area contributed by atoms with Crippen LogP contribution in [0.3, 0.4) is 0 Å². The average Bonchev–Trinajstić information content (AvgIpc) is 2.75. The van der Waals surface area contributed by atoms with Crippen LogP contribution in [0, 0.1) is 20.8 Å². The quantitative estimate of drug-likeness (QED) is 0.390. The highest BCUT2D eigenvalue weighted by Crippen LogP contribution is 2.33. The Morgan fingerprint density at radius 2 is 1.71 bits per heavy atom. The number of anilines is 1. The number of amides is 1. The van der Waals surface area contributed by atoms with Crippen molar-refractivity contribution in [3.63, 3.8) is 0 Å². The minimum Gasteiger partial charge on any atom is -0.497 e. The number of rotatable bonds is 4. The maximum Gasteiger partial charge on any atom is 0.256 e. The van der Waals surface area contributed by atoms with Gasteiger partial charge in [0.2, 0.25) is 0 Å². The predicted molar refractivity (Wildman–Crippen MR) is 127 cm³/mol. The number of fused-ring (bicyclic) bond motifs is 1. The van der Waals surface area contributed by atoms with Gasteiger partial charge in [0.15, 0.2) is 0 Å². The molecule has 0 aliphatic heterocycles. The van der Waals surface area contributed by atoms with E-state index in [1.165, 1.54) is 0 Å². The van der Waals surface area contributed by atoms with E-state index in [0.717, 1.165) is 44.6 Å². The normalized spacial score (nSPS) is 10.9. The smallest absolute Gasteiger partial charge is 0.256 e. The van der Waals surface area contributed by atoms with Gasteiger partial charge in [-0.25, -0.2) is 4.98 Å². The van der Waals surface area contributed by atoms with Crippen LogP contribution < -0.4 is 10.1 Å². The van der Waals surface area contributed by atoms with E-state index in [-0.39, 0.29) is 5.91 Å². The first-order chi connectivity index (χ1) is 14.9. The number of ether oxygens (including phenoxy) is 1. The molecule has 0 unspecified atom stereocenters. The zero-order valence-electron chi connectivity index (χ0n) is 17.9. The van der Waals surface area contributed by atoms with E-state index in [0.29, 0.717) is 16.3 Å². The molecule has 0 radical (unpaired) electrons. The van der Waals surface area contributed by atoms with E-state index < -0.39 is 0 Å². The molecule has 1 N–H and O–H groups in total. The van der Waals surface area contributed by atoms with Gasteiger partial charge in [-0.2, -0.15) is 0 Å². The number of methoxy groups -OCH3 is 1. The number of para-hydroxylation sites is 1.